The molecular weight excluding hydrogens is 424 g/mol. The van der Waals surface area contributed by atoms with Crippen molar-refractivity contribution in [3.8, 4) is 11.1 Å². The molecule has 1 fully saturated rings. The largest absolute Gasteiger partial charge is 0.365 e. The number of pyridine rings is 1. The van der Waals surface area contributed by atoms with Crippen LogP contribution >= 0.6 is 11.6 Å². The van der Waals surface area contributed by atoms with Gasteiger partial charge in [0.1, 0.15) is 0 Å². The van der Waals surface area contributed by atoms with E-state index in [2.05, 4.69) is 27.2 Å². The predicted octanol–water partition coefficient (Wildman–Crippen LogP) is 3.84. The van der Waals surface area contributed by atoms with Crippen LogP contribution in [-0.2, 0) is 11.8 Å². The fourth-order valence-electron chi connectivity index (χ4n) is 4.29. The fraction of sp³-hybridized carbons (Fsp3) is 0.292. The highest BCUT2D eigenvalue weighted by Crippen LogP contribution is 2.27. The molecule has 164 valence electrons. The molecular formula is C24H25ClN6O. The van der Waals surface area contributed by atoms with Gasteiger partial charge < -0.3 is 9.80 Å². The Bertz CT molecular complexity index is 1250. The molecule has 1 aliphatic rings. The van der Waals surface area contributed by atoms with Gasteiger partial charge in [-0.15, -0.1) is 0 Å². The summed E-state index contributed by atoms with van der Waals surface area (Å²) in [4.78, 5) is 17.3. The zero-order valence-corrected chi connectivity index (χ0v) is 18.9. The first-order valence-corrected chi connectivity index (χ1v) is 11.1. The monoisotopic (exact) mass is 448 g/mol. The minimum Gasteiger partial charge on any atom is -0.365 e. The molecule has 0 N–H and O–H groups in total. The van der Waals surface area contributed by atoms with Crippen LogP contribution in [0.4, 0.5) is 5.69 Å². The molecule has 1 saturated heterocycles. The van der Waals surface area contributed by atoms with Crippen molar-refractivity contribution in [2.45, 2.75) is 12.8 Å². The number of amides is 1. The number of nitrogens with zero attached hydrogens (tertiary/aromatic N) is 6. The third-order valence-corrected chi connectivity index (χ3v) is 6.46. The Hall–Kier alpha value is -3.32. The Morgan fingerprint density at radius 2 is 1.69 bits per heavy atom. The first-order chi connectivity index (χ1) is 15.5. The number of hydrogen-bond acceptors (Lipinski definition) is 4. The zero-order chi connectivity index (χ0) is 22.2. The average molecular weight is 449 g/mol. The highest BCUT2D eigenvalue weighted by Gasteiger charge is 2.27. The van der Waals surface area contributed by atoms with Crippen LogP contribution in [0, 0.1) is 0 Å². The smallest absolute Gasteiger partial charge is 0.229 e. The SMILES string of the molecule is C[C@@H](C(=O)N1CCN(c2cnn3cc(-c4cnn(C)c4)ccc23)CC1)c1ccc(Cl)cc1. The van der Waals surface area contributed by atoms with Crippen LogP contribution in [0.1, 0.15) is 18.4 Å². The number of aromatic nitrogens is 4. The van der Waals surface area contributed by atoms with Gasteiger partial charge in [0.25, 0.3) is 0 Å². The van der Waals surface area contributed by atoms with Gasteiger partial charge >= 0.3 is 0 Å². The fourth-order valence-corrected chi connectivity index (χ4v) is 4.42. The first-order valence-electron chi connectivity index (χ1n) is 10.8. The van der Waals surface area contributed by atoms with E-state index in [1.807, 2.05) is 72.4 Å². The summed E-state index contributed by atoms with van der Waals surface area (Å²) in [6.07, 6.45) is 7.79. The molecule has 0 saturated carbocycles. The zero-order valence-electron chi connectivity index (χ0n) is 18.1. The molecule has 0 aliphatic carbocycles. The predicted molar refractivity (Wildman–Crippen MR) is 126 cm³/mol. The summed E-state index contributed by atoms with van der Waals surface area (Å²) in [5.41, 5.74) is 5.29. The maximum Gasteiger partial charge on any atom is 0.229 e. The van der Waals surface area contributed by atoms with E-state index in [0.29, 0.717) is 18.1 Å². The molecule has 1 aromatic carbocycles. The summed E-state index contributed by atoms with van der Waals surface area (Å²) in [6.45, 7) is 4.92. The molecule has 1 amide bonds. The van der Waals surface area contributed by atoms with Crippen molar-refractivity contribution in [3.63, 3.8) is 0 Å². The summed E-state index contributed by atoms with van der Waals surface area (Å²) in [5, 5.41) is 9.50. The van der Waals surface area contributed by atoms with Gasteiger partial charge in [-0.25, -0.2) is 4.52 Å². The number of fused-ring (bicyclic) bond motifs is 1. The van der Waals surface area contributed by atoms with E-state index in [1.54, 1.807) is 4.68 Å². The molecule has 0 bridgehead atoms. The lowest BCUT2D eigenvalue weighted by atomic mass is 9.99. The van der Waals surface area contributed by atoms with Gasteiger partial charge in [-0.2, -0.15) is 10.2 Å². The highest BCUT2D eigenvalue weighted by molar-refractivity contribution is 6.30. The number of anilines is 1. The lowest BCUT2D eigenvalue weighted by molar-refractivity contribution is -0.132. The van der Waals surface area contributed by atoms with Crippen LogP contribution in [0.15, 0.2) is 61.2 Å². The normalized spacial score (nSPS) is 15.3. The average Bonchev–Trinajstić information content (AvgIpc) is 3.44. The van der Waals surface area contributed by atoms with Crippen LogP contribution in [0.2, 0.25) is 5.02 Å². The molecule has 1 atom stereocenters. The summed E-state index contributed by atoms with van der Waals surface area (Å²) >= 11 is 5.98. The summed E-state index contributed by atoms with van der Waals surface area (Å²) in [5.74, 6) is -0.0189. The molecule has 4 aromatic rings. The van der Waals surface area contributed by atoms with E-state index in [4.69, 9.17) is 11.6 Å². The third kappa shape index (κ3) is 3.84. The Morgan fingerprint density at radius 3 is 2.38 bits per heavy atom. The van der Waals surface area contributed by atoms with E-state index in [1.165, 1.54) is 0 Å². The summed E-state index contributed by atoms with van der Waals surface area (Å²) < 4.78 is 3.71. The Balaban J connectivity index is 1.27. The van der Waals surface area contributed by atoms with E-state index in [9.17, 15) is 4.79 Å². The van der Waals surface area contributed by atoms with Crippen molar-refractivity contribution in [2.24, 2.45) is 7.05 Å². The quantitative estimate of drug-likeness (QED) is 0.476. The highest BCUT2D eigenvalue weighted by atomic mass is 35.5. The minimum atomic E-state index is -0.179. The second-order valence-corrected chi connectivity index (χ2v) is 8.70. The van der Waals surface area contributed by atoms with Crippen molar-refractivity contribution in [3.05, 3.63) is 71.8 Å². The van der Waals surface area contributed by atoms with Crippen LogP contribution in [0.5, 0.6) is 0 Å². The molecule has 4 heterocycles. The number of halogens is 1. The van der Waals surface area contributed by atoms with Crippen molar-refractivity contribution < 1.29 is 4.79 Å². The van der Waals surface area contributed by atoms with Crippen molar-refractivity contribution in [2.75, 3.05) is 31.1 Å². The number of rotatable bonds is 4. The molecule has 0 unspecified atom stereocenters. The van der Waals surface area contributed by atoms with Gasteiger partial charge in [-0.05, 0) is 30.7 Å². The van der Waals surface area contributed by atoms with E-state index < -0.39 is 0 Å². The minimum absolute atomic E-state index is 0.160. The van der Waals surface area contributed by atoms with Crippen LogP contribution in [-0.4, -0.2) is 56.4 Å². The van der Waals surface area contributed by atoms with Gasteiger partial charge in [0, 0.05) is 61.8 Å². The number of carbonyl (C=O) groups is 1. The van der Waals surface area contributed by atoms with Gasteiger partial charge in [0.15, 0.2) is 0 Å². The maximum atomic E-state index is 13.0. The number of aryl methyl sites for hydroxylation is 1. The third-order valence-electron chi connectivity index (χ3n) is 6.21. The Labute approximate surface area is 191 Å². The first kappa shape index (κ1) is 20.6. The Morgan fingerprint density at radius 1 is 0.938 bits per heavy atom. The number of carbonyl (C=O) groups excluding carboxylic acids is 1. The topological polar surface area (TPSA) is 58.7 Å². The van der Waals surface area contributed by atoms with E-state index in [0.717, 1.165) is 41.0 Å². The van der Waals surface area contributed by atoms with E-state index >= 15 is 0 Å². The lowest BCUT2D eigenvalue weighted by Gasteiger charge is -2.36. The molecule has 5 rings (SSSR count). The van der Waals surface area contributed by atoms with Crippen LogP contribution in [0.25, 0.3) is 16.6 Å². The summed E-state index contributed by atoms with van der Waals surface area (Å²) in [7, 11) is 1.91. The number of piperazine rings is 1. The molecule has 0 radical (unpaired) electrons. The van der Waals surface area contributed by atoms with Crippen molar-refractivity contribution >= 4 is 28.7 Å². The van der Waals surface area contributed by atoms with Gasteiger partial charge in [-0.3, -0.25) is 9.48 Å². The second-order valence-electron chi connectivity index (χ2n) is 8.27. The van der Waals surface area contributed by atoms with Gasteiger partial charge in [-0.1, -0.05) is 29.8 Å². The van der Waals surface area contributed by atoms with Gasteiger partial charge in [0.05, 0.1) is 29.5 Å². The molecule has 8 heteroatoms. The number of hydrogen-bond donors (Lipinski definition) is 0. The maximum absolute atomic E-state index is 13.0. The standard InChI is InChI=1S/C24H25ClN6O/c1-17(18-3-6-21(25)7-4-18)24(32)30-11-9-29(10-12-30)23-14-27-31-16-19(5-8-22(23)31)20-13-26-28(2)15-20/h3-8,13-17H,9-12H2,1-2H3/t17-/m1/s1. The second kappa shape index (κ2) is 8.31. The molecule has 3 aromatic heterocycles. The van der Waals surface area contributed by atoms with Crippen LogP contribution < -0.4 is 4.90 Å². The molecule has 7 nitrogen and oxygen atoms in total. The summed E-state index contributed by atoms with van der Waals surface area (Å²) in [6, 6.07) is 11.7. The lowest BCUT2D eigenvalue weighted by Crippen LogP contribution is -2.49. The van der Waals surface area contributed by atoms with Crippen molar-refractivity contribution in [1.82, 2.24) is 24.3 Å². The molecule has 32 heavy (non-hydrogen) atoms. The van der Waals surface area contributed by atoms with Crippen LogP contribution in [0.3, 0.4) is 0 Å². The van der Waals surface area contributed by atoms with E-state index in [-0.39, 0.29) is 11.8 Å². The number of benzene rings is 1. The molecule has 0 spiro atoms. The molecule has 1 aliphatic heterocycles. The Kier molecular flexibility index (Phi) is 5.35. The van der Waals surface area contributed by atoms with Gasteiger partial charge in [0.2, 0.25) is 5.91 Å². The van der Waals surface area contributed by atoms with Crippen molar-refractivity contribution in [1.29, 1.82) is 0 Å².